The van der Waals surface area contributed by atoms with Crippen molar-refractivity contribution in [2.75, 3.05) is 0 Å². The molecule has 0 fully saturated rings. The summed E-state index contributed by atoms with van der Waals surface area (Å²) in [6.45, 7) is 4.14. The Morgan fingerprint density at radius 1 is 0.457 bits per heavy atom. The van der Waals surface area contributed by atoms with Gasteiger partial charge in [-0.25, -0.2) is 0 Å². The van der Waals surface area contributed by atoms with E-state index in [0.29, 0.717) is 22.3 Å². The summed E-state index contributed by atoms with van der Waals surface area (Å²) in [5.74, 6) is -0.939. The molecule has 218 valence electrons. The Morgan fingerprint density at radius 3 is 1.07 bits per heavy atom. The molecule has 0 amide bonds. The highest BCUT2D eigenvalue weighted by Crippen LogP contribution is 2.43. The smallest absolute Gasteiger partial charge is 0.197 e. The number of carbonyl (C=O) groups is 4. The van der Waals surface area contributed by atoms with E-state index in [1.54, 1.807) is 34.8 Å². The molecule has 7 aromatic rings. The van der Waals surface area contributed by atoms with Crippen molar-refractivity contribution < 1.29 is 19.2 Å². The average Bonchev–Trinajstić information content (AvgIpc) is 3.81. The summed E-state index contributed by atoms with van der Waals surface area (Å²) in [4.78, 5) is 55.2. The summed E-state index contributed by atoms with van der Waals surface area (Å²) in [7, 11) is 0. The Labute approximate surface area is 270 Å². The number of Topliss-reactive ketones (excluding diaryl/α,β-unsaturated/α-hetero) is 4. The number of benzene rings is 5. The number of rotatable bonds is 2. The number of hydrogen-bond acceptors (Lipinski definition) is 6. The zero-order valence-corrected chi connectivity index (χ0v) is 26.3. The van der Waals surface area contributed by atoms with Crippen molar-refractivity contribution in [3.63, 3.8) is 0 Å². The van der Waals surface area contributed by atoms with E-state index in [-0.39, 0.29) is 34.3 Å². The molecule has 0 unspecified atom stereocenters. The SMILES string of the molecule is Cc1c2cc(C=C3C(=O)c4cc5ccccc5cc4C3=O)sc2c(C)c2cc(C=C3C(=O)c4cc5ccccc5cc4C3=O)sc12. The lowest BCUT2D eigenvalue weighted by Crippen LogP contribution is -1.99. The van der Waals surface area contributed by atoms with Crippen LogP contribution < -0.4 is 0 Å². The standard InChI is InChI=1S/C40H22O4S2/c1-19-27-15-25(17-33-35(41)29-11-21-7-3-4-8-22(21)12-30(29)36(33)42)46-40(27)20(2)28-16-26(45-39(19)28)18-34-37(43)31-13-23-9-5-6-10-24(23)14-32(31)38(34)44/h3-18H,1-2H3. The van der Waals surface area contributed by atoms with Gasteiger partial charge < -0.3 is 0 Å². The van der Waals surface area contributed by atoms with Gasteiger partial charge in [-0.3, -0.25) is 19.2 Å². The van der Waals surface area contributed by atoms with Gasteiger partial charge in [-0.2, -0.15) is 0 Å². The van der Waals surface area contributed by atoms with E-state index in [0.717, 1.165) is 62.6 Å². The largest absolute Gasteiger partial charge is 0.288 e. The van der Waals surface area contributed by atoms with E-state index in [2.05, 4.69) is 26.0 Å². The monoisotopic (exact) mass is 630 g/mol. The molecular weight excluding hydrogens is 609 g/mol. The molecule has 0 bridgehead atoms. The minimum absolute atomic E-state index is 0.197. The Hall–Kier alpha value is -5.30. The molecule has 0 aliphatic heterocycles. The first kappa shape index (κ1) is 27.0. The van der Waals surface area contributed by atoms with Crippen molar-refractivity contribution >= 4 is 99.7 Å². The predicted molar refractivity (Wildman–Crippen MR) is 188 cm³/mol. The molecule has 2 aromatic heterocycles. The number of allylic oxidation sites excluding steroid dienone is 2. The van der Waals surface area contributed by atoms with Crippen molar-refractivity contribution in [1.29, 1.82) is 0 Å². The van der Waals surface area contributed by atoms with Crippen LogP contribution in [0.1, 0.15) is 62.3 Å². The fourth-order valence-corrected chi connectivity index (χ4v) is 9.24. The van der Waals surface area contributed by atoms with Gasteiger partial charge >= 0.3 is 0 Å². The van der Waals surface area contributed by atoms with Gasteiger partial charge in [0, 0.05) is 41.4 Å². The lowest BCUT2D eigenvalue weighted by atomic mass is 10.0. The highest BCUT2D eigenvalue weighted by molar-refractivity contribution is 7.22. The second-order valence-electron chi connectivity index (χ2n) is 12.0. The molecule has 0 spiro atoms. The van der Waals surface area contributed by atoms with Crippen molar-refractivity contribution in [3.8, 4) is 0 Å². The predicted octanol–water partition coefficient (Wildman–Crippen LogP) is 9.96. The molecule has 5 aromatic carbocycles. The Balaban J connectivity index is 1.10. The molecule has 2 aliphatic carbocycles. The first-order valence-corrected chi connectivity index (χ1v) is 16.5. The molecule has 0 saturated heterocycles. The van der Waals surface area contributed by atoms with Crippen LogP contribution in [0.25, 0.3) is 53.9 Å². The van der Waals surface area contributed by atoms with E-state index < -0.39 is 0 Å². The molecule has 46 heavy (non-hydrogen) atoms. The van der Waals surface area contributed by atoms with Gasteiger partial charge in [-0.15, -0.1) is 22.7 Å². The zero-order valence-electron chi connectivity index (χ0n) is 24.7. The average molecular weight is 631 g/mol. The molecule has 0 N–H and O–H groups in total. The molecule has 0 atom stereocenters. The number of hydrogen-bond donors (Lipinski definition) is 0. The van der Waals surface area contributed by atoms with Gasteiger partial charge in [0.2, 0.25) is 0 Å². The Bertz CT molecular complexity index is 2330. The Morgan fingerprint density at radius 2 is 0.761 bits per heavy atom. The molecule has 4 nitrogen and oxygen atoms in total. The number of thiophene rings is 2. The van der Waals surface area contributed by atoms with Crippen LogP contribution >= 0.6 is 22.7 Å². The van der Waals surface area contributed by atoms with Crippen LogP contribution in [0, 0.1) is 13.8 Å². The van der Waals surface area contributed by atoms with E-state index in [1.165, 1.54) is 0 Å². The normalized spacial score (nSPS) is 14.4. The molecule has 2 heterocycles. The lowest BCUT2D eigenvalue weighted by Gasteiger charge is -2.03. The van der Waals surface area contributed by atoms with Crippen molar-refractivity contribution in [2.24, 2.45) is 0 Å². The number of ketones is 4. The second kappa shape index (κ2) is 9.60. The second-order valence-corrected chi connectivity index (χ2v) is 14.1. The van der Waals surface area contributed by atoms with Gasteiger partial charge in [0.05, 0.1) is 11.1 Å². The topological polar surface area (TPSA) is 68.3 Å². The summed E-state index contributed by atoms with van der Waals surface area (Å²) in [5, 5.41) is 5.88. The number of fused-ring (bicyclic) bond motifs is 6. The minimum atomic E-state index is -0.235. The van der Waals surface area contributed by atoms with E-state index in [1.807, 2.05) is 72.8 Å². The zero-order chi connectivity index (χ0) is 31.4. The maximum Gasteiger partial charge on any atom is 0.197 e. The summed E-state index contributed by atoms with van der Waals surface area (Å²) in [6.07, 6.45) is 3.47. The van der Waals surface area contributed by atoms with E-state index >= 15 is 0 Å². The van der Waals surface area contributed by atoms with Gasteiger partial charge in [0.15, 0.2) is 23.1 Å². The molecular formula is C40H22O4S2. The van der Waals surface area contributed by atoms with Crippen LogP contribution in [0.3, 0.4) is 0 Å². The van der Waals surface area contributed by atoms with Crippen LogP contribution in [0.4, 0.5) is 0 Å². The van der Waals surface area contributed by atoms with Crippen LogP contribution in [-0.4, -0.2) is 23.1 Å². The maximum atomic E-state index is 13.4. The third kappa shape index (κ3) is 3.78. The van der Waals surface area contributed by atoms with Crippen molar-refractivity contribution in [2.45, 2.75) is 13.8 Å². The van der Waals surface area contributed by atoms with Crippen LogP contribution in [-0.2, 0) is 0 Å². The van der Waals surface area contributed by atoms with Crippen molar-refractivity contribution in [3.05, 3.63) is 139 Å². The number of aryl methyl sites for hydroxylation is 2. The lowest BCUT2D eigenvalue weighted by molar-refractivity contribution is 0.0975. The third-order valence-electron chi connectivity index (χ3n) is 9.29. The molecule has 9 rings (SSSR count). The van der Waals surface area contributed by atoms with Gasteiger partial charge in [0.25, 0.3) is 0 Å². The van der Waals surface area contributed by atoms with E-state index in [9.17, 15) is 19.2 Å². The quantitative estimate of drug-likeness (QED) is 0.141. The maximum absolute atomic E-state index is 13.4. The number of carbonyl (C=O) groups excluding carboxylic acids is 4. The van der Waals surface area contributed by atoms with Gasteiger partial charge in [-0.1, -0.05) is 48.5 Å². The molecule has 0 saturated carbocycles. The fraction of sp³-hybridized carbons (Fsp3) is 0.0500. The van der Waals surface area contributed by atoms with E-state index in [4.69, 9.17) is 0 Å². The van der Waals surface area contributed by atoms with Gasteiger partial charge in [-0.05, 0) is 106 Å². The first-order valence-electron chi connectivity index (χ1n) is 14.9. The molecule has 2 aliphatic rings. The summed E-state index contributed by atoms with van der Waals surface area (Å²) >= 11 is 3.12. The van der Waals surface area contributed by atoms with Crippen molar-refractivity contribution in [1.82, 2.24) is 0 Å². The van der Waals surface area contributed by atoms with Crippen LogP contribution in [0.5, 0.6) is 0 Å². The highest BCUT2D eigenvalue weighted by atomic mass is 32.1. The summed E-state index contributed by atoms with van der Waals surface area (Å²) < 4.78 is 2.17. The van der Waals surface area contributed by atoms with Crippen LogP contribution in [0.2, 0.25) is 0 Å². The summed E-state index contributed by atoms with van der Waals surface area (Å²) in [6, 6.07) is 26.9. The highest BCUT2D eigenvalue weighted by Gasteiger charge is 2.35. The van der Waals surface area contributed by atoms with Gasteiger partial charge in [0.1, 0.15) is 0 Å². The summed E-state index contributed by atoms with van der Waals surface area (Å²) in [5.41, 5.74) is 4.40. The molecule has 6 heteroatoms. The fourth-order valence-electron chi connectivity index (χ4n) is 6.89. The Kier molecular flexibility index (Phi) is 5.64. The molecule has 0 radical (unpaired) electrons. The van der Waals surface area contributed by atoms with Crippen LogP contribution in [0.15, 0.2) is 96.1 Å². The minimum Gasteiger partial charge on any atom is -0.288 e. The first-order chi connectivity index (χ1) is 22.3. The third-order valence-corrected chi connectivity index (χ3v) is 11.7.